The first-order valence-electron chi connectivity index (χ1n) is 10.5. The van der Waals surface area contributed by atoms with Gasteiger partial charge in [-0.2, -0.15) is 0 Å². The van der Waals surface area contributed by atoms with Crippen LogP contribution < -0.4 is 10.2 Å². The van der Waals surface area contributed by atoms with Gasteiger partial charge in [-0.15, -0.1) is 0 Å². The molecule has 0 atom stereocenters. The zero-order chi connectivity index (χ0) is 21.8. The summed E-state index contributed by atoms with van der Waals surface area (Å²) in [7, 11) is 3.96. The molecular formula is C25H27N5O. The summed E-state index contributed by atoms with van der Waals surface area (Å²) in [6.07, 6.45) is 2.57. The van der Waals surface area contributed by atoms with E-state index in [1.54, 1.807) is 6.20 Å². The van der Waals surface area contributed by atoms with Crippen molar-refractivity contribution < 1.29 is 4.79 Å². The van der Waals surface area contributed by atoms with Crippen LogP contribution in [0.5, 0.6) is 0 Å². The van der Waals surface area contributed by atoms with Crippen molar-refractivity contribution in [3.8, 4) is 11.4 Å². The Hall–Kier alpha value is -3.67. The largest absolute Gasteiger partial charge is 0.378 e. The van der Waals surface area contributed by atoms with Gasteiger partial charge in [-0.05, 0) is 49.7 Å². The highest BCUT2D eigenvalue weighted by molar-refractivity contribution is 5.94. The molecule has 31 heavy (non-hydrogen) atoms. The summed E-state index contributed by atoms with van der Waals surface area (Å²) < 4.78 is 2.14. The molecule has 1 amide bonds. The quantitative estimate of drug-likeness (QED) is 0.459. The van der Waals surface area contributed by atoms with Gasteiger partial charge in [-0.3, -0.25) is 4.79 Å². The Labute approximate surface area is 182 Å². The molecule has 4 aromatic rings. The van der Waals surface area contributed by atoms with Crippen molar-refractivity contribution in [3.63, 3.8) is 0 Å². The summed E-state index contributed by atoms with van der Waals surface area (Å²) in [6, 6.07) is 19.9. The second-order valence-corrected chi connectivity index (χ2v) is 7.85. The van der Waals surface area contributed by atoms with Crippen molar-refractivity contribution >= 4 is 22.8 Å². The van der Waals surface area contributed by atoms with Gasteiger partial charge in [0.15, 0.2) is 5.65 Å². The molecule has 0 fully saturated rings. The van der Waals surface area contributed by atoms with Crippen LogP contribution in [-0.2, 0) is 6.54 Å². The smallest absolute Gasteiger partial charge is 0.251 e. The first kappa shape index (κ1) is 20.6. The zero-order valence-corrected chi connectivity index (χ0v) is 18.2. The standard InChI is InChI=1S/C25H27N5O/c1-18-7-9-19(10-8-18)23-28-22-6-4-15-26-24(22)30(23)17-5-16-27-25(31)20-11-13-21(14-12-20)29(2)3/h4,6-15H,5,16-17H2,1-3H3,(H,27,31). The van der Waals surface area contributed by atoms with Crippen LogP contribution in [0.15, 0.2) is 66.9 Å². The molecule has 2 aromatic carbocycles. The summed E-state index contributed by atoms with van der Waals surface area (Å²) in [6.45, 7) is 3.37. The van der Waals surface area contributed by atoms with E-state index in [4.69, 9.17) is 4.98 Å². The molecule has 0 bridgehead atoms. The van der Waals surface area contributed by atoms with E-state index >= 15 is 0 Å². The van der Waals surface area contributed by atoms with Gasteiger partial charge in [0, 0.05) is 50.2 Å². The second-order valence-electron chi connectivity index (χ2n) is 7.85. The molecule has 0 unspecified atom stereocenters. The fourth-order valence-corrected chi connectivity index (χ4v) is 3.55. The number of carbonyl (C=O) groups excluding carboxylic acids is 1. The van der Waals surface area contributed by atoms with E-state index in [0.29, 0.717) is 12.1 Å². The number of nitrogens with one attached hydrogen (secondary N) is 1. The van der Waals surface area contributed by atoms with E-state index in [2.05, 4.69) is 46.1 Å². The summed E-state index contributed by atoms with van der Waals surface area (Å²) in [4.78, 5) is 23.8. The third kappa shape index (κ3) is 4.58. The molecule has 4 rings (SSSR count). The third-order valence-corrected chi connectivity index (χ3v) is 5.30. The fourth-order valence-electron chi connectivity index (χ4n) is 3.55. The van der Waals surface area contributed by atoms with Crippen LogP contribution >= 0.6 is 0 Å². The van der Waals surface area contributed by atoms with E-state index in [9.17, 15) is 4.79 Å². The average molecular weight is 414 g/mol. The van der Waals surface area contributed by atoms with Crippen LogP contribution in [0, 0.1) is 6.92 Å². The highest BCUT2D eigenvalue weighted by Gasteiger charge is 2.13. The minimum atomic E-state index is -0.0577. The topological polar surface area (TPSA) is 63.1 Å². The van der Waals surface area contributed by atoms with E-state index in [1.807, 2.05) is 55.4 Å². The maximum Gasteiger partial charge on any atom is 0.251 e. The molecule has 0 saturated carbocycles. The highest BCUT2D eigenvalue weighted by atomic mass is 16.1. The Morgan fingerprint density at radius 3 is 2.48 bits per heavy atom. The lowest BCUT2D eigenvalue weighted by Crippen LogP contribution is -2.25. The Kier molecular flexibility index (Phi) is 5.98. The number of rotatable bonds is 7. The van der Waals surface area contributed by atoms with Gasteiger partial charge in [0.2, 0.25) is 0 Å². The molecule has 2 heterocycles. The number of anilines is 1. The molecule has 0 saturated heterocycles. The summed E-state index contributed by atoms with van der Waals surface area (Å²) in [5, 5.41) is 3.02. The van der Waals surface area contributed by atoms with Gasteiger partial charge in [0.25, 0.3) is 5.91 Å². The molecule has 0 spiro atoms. The molecule has 6 nitrogen and oxygen atoms in total. The van der Waals surface area contributed by atoms with Crippen molar-refractivity contribution in [1.82, 2.24) is 19.9 Å². The first-order valence-corrected chi connectivity index (χ1v) is 10.5. The predicted molar refractivity (Wildman–Crippen MR) is 125 cm³/mol. The van der Waals surface area contributed by atoms with Crippen LogP contribution in [0.3, 0.4) is 0 Å². The van der Waals surface area contributed by atoms with Crippen molar-refractivity contribution in [1.29, 1.82) is 0 Å². The minimum Gasteiger partial charge on any atom is -0.378 e. The monoisotopic (exact) mass is 413 g/mol. The van der Waals surface area contributed by atoms with E-state index in [0.717, 1.165) is 41.2 Å². The number of carbonyl (C=O) groups is 1. The number of aromatic nitrogens is 3. The van der Waals surface area contributed by atoms with Gasteiger partial charge in [-0.25, -0.2) is 9.97 Å². The number of aryl methyl sites for hydroxylation is 2. The molecule has 6 heteroatoms. The lowest BCUT2D eigenvalue weighted by atomic mass is 10.1. The van der Waals surface area contributed by atoms with E-state index in [-0.39, 0.29) is 5.91 Å². The van der Waals surface area contributed by atoms with Crippen molar-refractivity contribution in [2.24, 2.45) is 0 Å². The summed E-state index contributed by atoms with van der Waals surface area (Å²) in [5.41, 5.74) is 5.76. The fraction of sp³-hybridized carbons (Fsp3) is 0.240. The highest BCUT2D eigenvalue weighted by Crippen LogP contribution is 2.24. The van der Waals surface area contributed by atoms with E-state index < -0.39 is 0 Å². The maximum atomic E-state index is 12.5. The third-order valence-electron chi connectivity index (χ3n) is 5.30. The molecule has 158 valence electrons. The summed E-state index contributed by atoms with van der Waals surface area (Å²) in [5.74, 6) is 0.844. The number of fused-ring (bicyclic) bond motifs is 1. The molecule has 0 aliphatic heterocycles. The number of nitrogens with zero attached hydrogens (tertiary/aromatic N) is 4. The van der Waals surface area contributed by atoms with Gasteiger partial charge in [-0.1, -0.05) is 29.8 Å². The van der Waals surface area contributed by atoms with Gasteiger partial charge >= 0.3 is 0 Å². The van der Waals surface area contributed by atoms with Crippen LogP contribution in [-0.4, -0.2) is 41.1 Å². The Morgan fingerprint density at radius 2 is 1.77 bits per heavy atom. The Bertz CT molecular complexity index is 1180. The Morgan fingerprint density at radius 1 is 1.03 bits per heavy atom. The van der Waals surface area contributed by atoms with Crippen LogP contribution in [0.25, 0.3) is 22.6 Å². The molecule has 0 aliphatic rings. The van der Waals surface area contributed by atoms with Crippen molar-refractivity contribution in [2.45, 2.75) is 19.9 Å². The van der Waals surface area contributed by atoms with Gasteiger partial charge in [0.1, 0.15) is 11.3 Å². The molecule has 0 radical (unpaired) electrons. The minimum absolute atomic E-state index is 0.0577. The SMILES string of the molecule is Cc1ccc(-c2nc3cccnc3n2CCCNC(=O)c2ccc(N(C)C)cc2)cc1. The van der Waals surface area contributed by atoms with Crippen LogP contribution in [0.1, 0.15) is 22.3 Å². The average Bonchev–Trinajstić information content (AvgIpc) is 3.15. The van der Waals surface area contributed by atoms with E-state index in [1.165, 1.54) is 5.56 Å². The molecular weight excluding hydrogens is 386 g/mol. The molecule has 0 aliphatic carbocycles. The van der Waals surface area contributed by atoms with Crippen molar-refractivity contribution in [2.75, 3.05) is 25.5 Å². The molecule has 2 aromatic heterocycles. The van der Waals surface area contributed by atoms with Crippen LogP contribution in [0.2, 0.25) is 0 Å². The second kappa shape index (κ2) is 9.00. The maximum absolute atomic E-state index is 12.5. The number of imidazole rings is 1. The normalized spacial score (nSPS) is 10.9. The van der Waals surface area contributed by atoms with Gasteiger partial charge in [0.05, 0.1) is 0 Å². The van der Waals surface area contributed by atoms with Gasteiger partial charge < -0.3 is 14.8 Å². The number of hydrogen-bond donors (Lipinski definition) is 1. The lowest BCUT2D eigenvalue weighted by Gasteiger charge is -2.13. The molecule has 1 N–H and O–H groups in total. The first-order chi connectivity index (χ1) is 15.0. The predicted octanol–water partition coefficient (Wildman–Crippen LogP) is 4.29. The number of pyridine rings is 1. The Balaban J connectivity index is 1.44. The number of amides is 1. The number of hydrogen-bond acceptors (Lipinski definition) is 4. The van der Waals surface area contributed by atoms with Crippen molar-refractivity contribution in [3.05, 3.63) is 78.0 Å². The van der Waals surface area contributed by atoms with Crippen LogP contribution in [0.4, 0.5) is 5.69 Å². The lowest BCUT2D eigenvalue weighted by molar-refractivity contribution is 0.0953. The zero-order valence-electron chi connectivity index (χ0n) is 18.2. The summed E-state index contributed by atoms with van der Waals surface area (Å²) >= 11 is 0. The number of benzene rings is 2.